The number of nitro groups is 1. The first-order chi connectivity index (χ1) is 8.58. The van der Waals surface area contributed by atoms with Crippen LogP contribution in [0.15, 0.2) is 23.0 Å². The van der Waals surface area contributed by atoms with E-state index < -0.39 is 16.2 Å². The van der Waals surface area contributed by atoms with E-state index in [4.69, 9.17) is 9.47 Å². The normalized spacial score (nSPS) is 10.3. The standard InChI is InChI=1S/C11H10N2O5/c1-17-8-3-4-9(18-2)10-6(8)5-7(13(15)16)11(14)12-10/h3-5H,1-2H3,(H,12,14). The number of methoxy groups -OCH3 is 2. The van der Waals surface area contributed by atoms with E-state index in [1.165, 1.54) is 20.3 Å². The lowest BCUT2D eigenvalue weighted by Gasteiger charge is -2.08. The monoisotopic (exact) mass is 250 g/mol. The van der Waals surface area contributed by atoms with E-state index in [0.29, 0.717) is 22.4 Å². The predicted molar refractivity (Wildman–Crippen MR) is 64.3 cm³/mol. The summed E-state index contributed by atoms with van der Waals surface area (Å²) < 4.78 is 10.2. The highest BCUT2D eigenvalue weighted by molar-refractivity contribution is 5.91. The Morgan fingerprint density at radius 3 is 2.39 bits per heavy atom. The lowest BCUT2D eigenvalue weighted by Crippen LogP contribution is -2.11. The summed E-state index contributed by atoms with van der Waals surface area (Å²) in [5.41, 5.74) is -0.944. The number of aromatic nitrogens is 1. The average molecular weight is 250 g/mol. The lowest BCUT2D eigenvalue weighted by atomic mass is 10.1. The van der Waals surface area contributed by atoms with Gasteiger partial charge in [-0.15, -0.1) is 0 Å². The van der Waals surface area contributed by atoms with Gasteiger partial charge >= 0.3 is 11.2 Å². The second kappa shape index (κ2) is 4.36. The third-order valence-electron chi connectivity index (χ3n) is 2.56. The quantitative estimate of drug-likeness (QED) is 0.657. The molecule has 0 unspecified atom stereocenters. The van der Waals surface area contributed by atoms with Gasteiger partial charge in [-0.1, -0.05) is 0 Å². The van der Waals surface area contributed by atoms with Crippen molar-refractivity contribution in [2.75, 3.05) is 14.2 Å². The van der Waals surface area contributed by atoms with E-state index >= 15 is 0 Å². The molecule has 1 aromatic heterocycles. The number of benzene rings is 1. The Morgan fingerprint density at radius 1 is 1.22 bits per heavy atom. The van der Waals surface area contributed by atoms with Gasteiger partial charge in [0.1, 0.15) is 11.5 Å². The highest BCUT2D eigenvalue weighted by Crippen LogP contribution is 2.32. The Kier molecular flexibility index (Phi) is 2.88. The molecule has 0 fully saturated rings. The molecule has 18 heavy (non-hydrogen) atoms. The largest absolute Gasteiger partial charge is 0.496 e. The first-order valence-electron chi connectivity index (χ1n) is 5.01. The van der Waals surface area contributed by atoms with E-state index in [9.17, 15) is 14.9 Å². The zero-order chi connectivity index (χ0) is 13.3. The molecular formula is C11H10N2O5. The van der Waals surface area contributed by atoms with Crippen LogP contribution in [0.1, 0.15) is 0 Å². The van der Waals surface area contributed by atoms with Gasteiger partial charge in [-0.05, 0) is 12.1 Å². The van der Waals surface area contributed by atoms with E-state index in [0.717, 1.165) is 0 Å². The molecule has 7 heteroatoms. The van der Waals surface area contributed by atoms with Crippen LogP contribution in [0.2, 0.25) is 0 Å². The van der Waals surface area contributed by atoms with Gasteiger partial charge in [0.2, 0.25) is 0 Å². The maximum absolute atomic E-state index is 11.5. The fourth-order valence-electron chi connectivity index (χ4n) is 1.72. The van der Waals surface area contributed by atoms with Crippen molar-refractivity contribution < 1.29 is 14.4 Å². The highest BCUT2D eigenvalue weighted by Gasteiger charge is 2.17. The van der Waals surface area contributed by atoms with Gasteiger partial charge in [0.25, 0.3) is 0 Å². The zero-order valence-electron chi connectivity index (χ0n) is 9.72. The Labute approximate surface area is 101 Å². The van der Waals surface area contributed by atoms with Crippen LogP contribution in [0.4, 0.5) is 5.69 Å². The van der Waals surface area contributed by atoms with Gasteiger partial charge in [0.05, 0.1) is 30.0 Å². The Balaban J connectivity index is 2.90. The number of hydrogen-bond acceptors (Lipinski definition) is 5. The molecule has 0 radical (unpaired) electrons. The van der Waals surface area contributed by atoms with Crippen LogP contribution in [0.25, 0.3) is 10.9 Å². The van der Waals surface area contributed by atoms with Gasteiger partial charge in [0, 0.05) is 6.07 Å². The van der Waals surface area contributed by atoms with E-state index in [1.54, 1.807) is 12.1 Å². The molecule has 0 amide bonds. The number of hydrogen-bond donors (Lipinski definition) is 1. The minimum atomic E-state index is -0.779. The first-order valence-corrected chi connectivity index (χ1v) is 5.01. The molecular weight excluding hydrogens is 240 g/mol. The Bertz CT molecular complexity index is 677. The molecule has 2 aromatic rings. The van der Waals surface area contributed by atoms with Crippen LogP contribution in [0, 0.1) is 10.1 Å². The van der Waals surface area contributed by atoms with Crippen molar-refractivity contribution in [3.8, 4) is 11.5 Å². The Morgan fingerprint density at radius 2 is 1.83 bits per heavy atom. The van der Waals surface area contributed by atoms with E-state index in [2.05, 4.69) is 4.98 Å². The molecule has 1 N–H and O–H groups in total. The van der Waals surface area contributed by atoms with Crippen molar-refractivity contribution in [1.29, 1.82) is 0 Å². The third-order valence-corrected chi connectivity index (χ3v) is 2.56. The molecule has 0 aliphatic heterocycles. The van der Waals surface area contributed by atoms with E-state index in [-0.39, 0.29) is 0 Å². The molecule has 0 aliphatic rings. The summed E-state index contributed by atoms with van der Waals surface area (Å²) in [4.78, 5) is 24.0. The fourth-order valence-corrected chi connectivity index (χ4v) is 1.72. The number of H-pyrrole nitrogens is 1. The summed E-state index contributed by atoms with van der Waals surface area (Å²) in [6.07, 6.45) is 0. The molecule has 2 rings (SSSR count). The first kappa shape index (κ1) is 11.9. The van der Waals surface area contributed by atoms with Crippen molar-refractivity contribution in [2.45, 2.75) is 0 Å². The molecule has 94 valence electrons. The van der Waals surface area contributed by atoms with Crippen LogP contribution >= 0.6 is 0 Å². The summed E-state index contributed by atoms with van der Waals surface area (Å²) in [5.74, 6) is 0.836. The molecule has 0 aliphatic carbocycles. The average Bonchev–Trinajstić information content (AvgIpc) is 2.36. The summed E-state index contributed by atoms with van der Waals surface area (Å²) in [5, 5.41) is 11.2. The van der Waals surface area contributed by atoms with Gasteiger partial charge in [0.15, 0.2) is 0 Å². The predicted octanol–water partition coefficient (Wildman–Crippen LogP) is 1.45. The minimum Gasteiger partial charge on any atom is -0.496 e. The van der Waals surface area contributed by atoms with Crippen LogP contribution in [0.3, 0.4) is 0 Å². The number of nitrogens with one attached hydrogen (secondary N) is 1. The number of ether oxygens (including phenoxy) is 2. The summed E-state index contributed by atoms with van der Waals surface area (Å²) in [6, 6.07) is 4.40. The molecule has 0 saturated heterocycles. The minimum absolute atomic E-state index is 0.368. The summed E-state index contributed by atoms with van der Waals surface area (Å²) >= 11 is 0. The summed E-state index contributed by atoms with van der Waals surface area (Å²) in [6.45, 7) is 0. The topological polar surface area (TPSA) is 94.5 Å². The zero-order valence-corrected chi connectivity index (χ0v) is 9.72. The SMILES string of the molecule is COc1ccc(OC)c2[nH]c(=O)c([N+](=O)[O-])cc12. The molecule has 1 aromatic carbocycles. The number of rotatable bonds is 3. The van der Waals surface area contributed by atoms with Crippen molar-refractivity contribution in [1.82, 2.24) is 4.98 Å². The van der Waals surface area contributed by atoms with Crippen LogP contribution in [-0.2, 0) is 0 Å². The Hall–Kier alpha value is -2.57. The molecule has 7 nitrogen and oxygen atoms in total. The van der Waals surface area contributed by atoms with Gasteiger partial charge in [-0.25, -0.2) is 0 Å². The molecule has 1 heterocycles. The number of nitrogens with zero attached hydrogens (tertiary/aromatic N) is 1. The fraction of sp³-hybridized carbons (Fsp3) is 0.182. The molecule has 0 bridgehead atoms. The number of aromatic amines is 1. The maximum Gasteiger partial charge on any atom is 0.334 e. The highest BCUT2D eigenvalue weighted by atomic mass is 16.6. The smallest absolute Gasteiger partial charge is 0.334 e. The van der Waals surface area contributed by atoms with Crippen molar-refractivity contribution >= 4 is 16.6 Å². The van der Waals surface area contributed by atoms with E-state index in [1.807, 2.05) is 0 Å². The molecule has 0 saturated carbocycles. The van der Waals surface area contributed by atoms with Gasteiger partial charge in [-0.2, -0.15) is 0 Å². The van der Waals surface area contributed by atoms with Crippen molar-refractivity contribution in [2.24, 2.45) is 0 Å². The maximum atomic E-state index is 11.5. The van der Waals surface area contributed by atoms with Crippen LogP contribution in [-0.4, -0.2) is 24.1 Å². The number of fused-ring (bicyclic) bond motifs is 1. The van der Waals surface area contributed by atoms with Crippen LogP contribution in [0.5, 0.6) is 11.5 Å². The number of pyridine rings is 1. The van der Waals surface area contributed by atoms with Gasteiger partial charge in [-0.3, -0.25) is 14.9 Å². The third kappa shape index (κ3) is 1.75. The van der Waals surface area contributed by atoms with Crippen molar-refractivity contribution in [3.05, 3.63) is 38.7 Å². The van der Waals surface area contributed by atoms with Gasteiger partial charge < -0.3 is 14.5 Å². The second-order valence-electron chi connectivity index (χ2n) is 3.50. The lowest BCUT2D eigenvalue weighted by molar-refractivity contribution is -0.386. The molecule has 0 atom stereocenters. The van der Waals surface area contributed by atoms with Crippen molar-refractivity contribution in [3.63, 3.8) is 0 Å². The summed E-state index contributed by atoms with van der Waals surface area (Å²) in [7, 11) is 2.89. The second-order valence-corrected chi connectivity index (χ2v) is 3.50. The van der Waals surface area contributed by atoms with Crippen LogP contribution < -0.4 is 15.0 Å². The molecule has 0 spiro atoms.